The van der Waals surface area contributed by atoms with Crippen LogP contribution in [-0.4, -0.2) is 11.5 Å². The van der Waals surface area contributed by atoms with E-state index in [1.54, 1.807) is 12.4 Å². The van der Waals surface area contributed by atoms with Gasteiger partial charge in [-0.15, -0.1) is 0 Å². The lowest BCUT2D eigenvalue weighted by Gasteiger charge is -2.17. The molecule has 2 aromatic rings. The summed E-state index contributed by atoms with van der Waals surface area (Å²) < 4.78 is 13.0. The van der Waals surface area contributed by atoms with E-state index in [2.05, 4.69) is 11.4 Å². The summed E-state index contributed by atoms with van der Waals surface area (Å²) in [4.78, 5) is 4.02. The Kier molecular flexibility index (Phi) is 4.42. The molecule has 93 valence electrons. The van der Waals surface area contributed by atoms with Crippen molar-refractivity contribution in [1.29, 1.82) is 0 Å². The molecule has 1 radical (unpaired) electrons. The van der Waals surface area contributed by atoms with Crippen LogP contribution in [-0.2, 0) is 0 Å². The molecule has 0 saturated heterocycles. The SMILES string of the molecule is NCC[CH]C(c1ccncc1)c1ccc(F)cc1. The fourth-order valence-electron chi connectivity index (χ4n) is 1.97. The summed E-state index contributed by atoms with van der Waals surface area (Å²) in [6, 6.07) is 10.5. The van der Waals surface area contributed by atoms with E-state index >= 15 is 0 Å². The van der Waals surface area contributed by atoms with Crippen LogP contribution in [0.2, 0.25) is 0 Å². The average Bonchev–Trinajstić information content (AvgIpc) is 2.42. The van der Waals surface area contributed by atoms with Crippen LogP contribution in [0.25, 0.3) is 0 Å². The number of nitrogens with two attached hydrogens (primary N) is 1. The third kappa shape index (κ3) is 3.14. The summed E-state index contributed by atoms with van der Waals surface area (Å²) in [7, 11) is 0. The molecule has 1 heterocycles. The van der Waals surface area contributed by atoms with E-state index < -0.39 is 0 Å². The van der Waals surface area contributed by atoms with Crippen molar-refractivity contribution in [1.82, 2.24) is 4.98 Å². The molecule has 0 amide bonds. The van der Waals surface area contributed by atoms with Gasteiger partial charge in [0, 0.05) is 18.3 Å². The Labute approximate surface area is 107 Å². The van der Waals surface area contributed by atoms with Gasteiger partial charge in [0.1, 0.15) is 5.82 Å². The molecule has 0 aliphatic carbocycles. The lowest BCUT2D eigenvalue weighted by Crippen LogP contribution is -2.07. The first kappa shape index (κ1) is 12.7. The maximum absolute atomic E-state index is 13.0. The predicted molar refractivity (Wildman–Crippen MR) is 70.5 cm³/mol. The summed E-state index contributed by atoms with van der Waals surface area (Å²) in [6.07, 6.45) is 6.51. The maximum atomic E-state index is 13.0. The van der Waals surface area contributed by atoms with Crippen molar-refractivity contribution in [3.05, 3.63) is 72.2 Å². The Morgan fingerprint density at radius 2 is 1.67 bits per heavy atom. The van der Waals surface area contributed by atoms with Crippen LogP contribution in [0, 0.1) is 12.2 Å². The van der Waals surface area contributed by atoms with Gasteiger partial charge in [0.15, 0.2) is 0 Å². The van der Waals surface area contributed by atoms with Gasteiger partial charge in [0.25, 0.3) is 0 Å². The first-order chi connectivity index (χ1) is 8.81. The largest absolute Gasteiger partial charge is 0.330 e. The van der Waals surface area contributed by atoms with Crippen molar-refractivity contribution in [2.24, 2.45) is 5.73 Å². The third-order valence-electron chi connectivity index (χ3n) is 2.86. The highest BCUT2D eigenvalue weighted by molar-refractivity contribution is 5.34. The maximum Gasteiger partial charge on any atom is 0.123 e. The molecule has 2 N–H and O–H groups in total. The Bertz CT molecular complexity index is 468. The molecule has 1 aromatic heterocycles. The molecular weight excluding hydrogens is 227 g/mol. The smallest absolute Gasteiger partial charge is 0.123 e. The monoisotopic (exact) mass is 243 g/mol. The highest BCUT2D eigenvalue weighted by atomic mass is 19.1. The molecule has 0 aliphatic rings. The summed E-state index contributed by atoms with van der Waals surface area (Å²) in [5, 5.41) is 0. The predicted octanol–water partition coefficient (Wildman–Crippen LogP) is 2.91. The van der Waals surface area contributed by atoms with Crippen molar-refractivity contribution in [2.75, 3.05) is 6.54 Å². The molecule has 2 nitrogen and oxygen atoms in total. The van der Waals surface area contributed by atoms with E-state index in [0.717, 1.165) is 17.5 Å². The van der Waals surface area contributed by atoms with Gasteiger partial charge in [-0.3, -0.25) is 4.98 Å². The lowest BCUT2D eigenvalue weighted by atomic mass is 9.88. The normalized spacial score (nSPS) is 12.3. The Morgan fingerprint density at radius 3 is 2.28 bits per heavy atom. The Morgan fingerprint density at radius 1 is 1.06 bits per heavy atom. The van der Waals surface area contributed by atoms with E-state index in [-0.39, 0.29) is 11.7 Å². The van der Waals surface area contributed by atoms with Crippen LogP contribution in [0.1, 0.15) is 23.5 Å². The van der Waals surface area contributed by atoms with Crippen LogP contribution in [0.3, 0.4) is 0 Å². The lowest BCUT2D eigenvalue weighted by molar-refractivity contribution is 0.626. The van der Waals surface area contributed by atoms with Crippen LogP contribution in [0.15, 0.2) is 48.8 Å². The second-order valence-electron chi connectivity index (χ2n) is 4.12. The van der Waals surface area contributed by atoms with Crippen molar-refractivity contribution in [3.8, 4) is 0 Å². The van der Waals surface area contributed by atoms with Gasteiger partial charge in [-0.1, -0.05) is 12.1 Å². The Balaban J connectivity index is 2.27. The van der Waals surface area contributed by atoms with Crippen molar-refractivity contribution < 1.29 is 4.39 Å². The van der Waals surface area contributed by atoms with Crippen molar-refractivity contribution in [2.45, 2.75) is 12.3 Å². The van der Waals surface area contributed by atoms with Crippen molar-refractivity contribution in [3.63, 3.8) is 0 Å². The zero-order valence-corrected chi connectivity index (χ0v) is 10.1. The van der Waals surface area contributed by atoms with E-state index in [9.17, 15) is 4.39 Å². The summed E-state index contributed by atoms with van der Waals surface area (Å²) in [6.45, 7) is 0.614. The first-order valence-electron chi connectivity index (χ1n) is 6.00. The number of aromatic nitrogens is 1. The number of rotatable bonds is 5. The van der Waals surface area contributed by atoms with Gasteiger partial charge in [0.2, 0.25) is 0 Å². The van der Waals surface area contributed by atoms with Gasteiger partial charge in [-0.25, -0.2) is 4.39 Å². The van der Waals surface area contributed by atoms with E-state index in [4.69, 9.17) is 5.73 Å². The van der Waals surface area contributed by atoms with Gasteiger partial charge in [-0.2, -0.15) is 0 Å². The molecular formula is C15H16FN2. The molecule has 0 bridgehead atoms. The summed E-state index contributed by atoms with van der Waals surface area (Å²) in [5.41, 5.74) is 7.76. The Hall–Kier alpha value is -1.74. The number of halogens is 1. The van der Waals surface area contributed by atoms with Gasteiger partial charge in [0.05, 0.1) is 0 Å². The topological polar surface area (TPSA) is 38.9 Å². The van der Waals surface area contributed by atoms with Crippen LogP contribution >= 0.6 is 0 Å². The molecule has 1 atom stereocenters. The number of pyridine rings is 1. The van der Waals surface area contributed by atoms with Crippen molar-refractivity contribution >= 4 is 0 Å². The molecule has 0 aliphatic heterocycles. The van der Waals surface area contributed by atoms with E-state index in [0.29, 0.717) is 6.54 Å². The minimum Gasteiger partial charge on any atom is -0.330 e. The third-order valence-corrected chi connectivity index (χ3v) is 2.86. The zero-order chi connectivity index (χ0) is 12.8. The highest BCUT2D eigenvalue weighted by Gasteiger charge is 2.13. The van der Waals surface area contributed by atoms with Crippen LogP contribution < -0.4 is 5.73 Å². The molecule has 1 unspecified atom stereocenters. The molecule has 2 rings (SSSR count). The van der Waals surface area contributed by atoms with E-state index in [1.165, 1.54) is 12.1 Å². The quantitative estimate of drug-likeness (QED) is 0.877. The molecule has 0 saturated carbocycles. The molecule has 0 spiro atoms. The molecule has 1 aromatic carbocycles. The highest BCUT2D eigenvalue weighted by Crippen LogP contribution is 2.27. The molecule has 3 heteroatoms. The molecule has 18 heavy (non-hydrogen) atoms. The number of hydrogen-bond acceptors (Lipinski definition) is 2. The first-order valence-corrected chi connectivity index (χ1v) is 6.00. The summed E-state index contributed by atoms with van der Waals surface area (Å²) in [5.74, 6) is -0.0804. The fraction of sp³-hybridized carbons (Fsp3) is 0.200. The standard InChI is InChI=1S/C15H16FN2/c16-14-5-3-12(4-6-14)15(2-1-9-17)13-7-10-18-11-8-13/h2-8,10-11,15H,1,9,17H2. The minimum atomic E-state index is -0.217. The van der Waals surface area contributed by atoms with Crippen LogP contribution in [0.5, 0.6) is 0 Å². The average molecular weight is 243 g/mol. The number of benzene rings is 1. The summed E-state index contributed by atoms with van der Waals surface area (Å²) >= 11 is 0. The second-order valence-corrected chi connectivity index (χ2v) is 4.12. The number of hydrogen-bond donors (Lipinski definition) is 1. The van der Waals surface area contributed by atoms with E-state index in [1.807, 2.05) is 24.3 Å². The number of nitrogens with zero attached hydrogens (tertiary/aromatic N) is 1. The van der Waals surface area contributed by atoms with Crippen LogP contribution in [0.4, 0.5) is 4.39 Å². The second kappa shape index (κ2) is 6.26. The fourth-order valence-corrected chi connectivity index (χ4v) is 1.97. The minimum absolute atomic E-state index is 0.136. The van der Waals surface area contributed by atoms with Gasteiger partial charge in [-0.05, 0) is 54.8 Å². The zero-order valence-electron chi connectivity index (χ0n) is 10.1. The molecule has 0 fully saturated rings. The van der Waals surface area contributed by atoms with Gasteiger partial charge >= 0.3 is 0 Å². The van der Waals surface area contributed by atoms with Gasteiger partial charge < -0.3 is 5.73 Å².